The van der Waals surface area contributed by atoms with Crippen LogP contribution in [0.3, 0.4) is 0 Å². The molecule has 4 rings (SSSR count). The minimum Gasteiger partial charge on any atom is -0.483 e. The van der Waals surface area contributed by atoms with Crippen molar-refractivity contribution in [1.29, 1.82) is 0 Å². The molecule has 3 aromatic rings. The molecular weight excluding hydrogens is 302 g/mol. The summed E-state index contributed by atoms with van der Waals surface area (Å²) < 4.78 is 9.64. The number of pyridine rings is 1. The van der Waals surface area contributed by atoms with Crippen LogP contribution < -0.4 is 10.3 Å². The van der Waals surface area contributed by atoms with Gasteiger partial charge in [0.15, 0.2) is 0 Å². The topological polar surface area (TPSA) is 49.0 Å². The second-order valence-corrected chi connectivity index (χ2v) is 6.29. The maximum atomic E-state index is 12.3. The van der Waals surface area contributed by atoms with E-state index >= 15 is 0 Å². The molecule has 1 aromatic carbocycles. The fraction of sp³-hybridized carbons (Fsp3) is 0.158. The van der Waals surface area contributed by atoms with E-state index in [1.165, 1.54) is 0 Å². The normalized spacial score (nSPS) is 15.3. The van der Waals surface area contributed by atoms with E-state index in [-0.39, 0.29) is 5.56 Å². The number of aromatic nitrogens is 3. The predicted molar refractivity (Wildman–Crippen MR) is 92.3 cm³/mol. The fourth-order valence-electron chi connectivity index (χ4n) is 2.93. The third-order valence-corrected chi connectivity index (χ3v) is 3.98. The van der Waals surface area contributed by atoms with Crippen LogP contribution in [-0.2, 0) is 0 Å². The van der Waals surface area contributed by atoms with Crippen LogP contribution in [0, 0.1) is 0 Å². The van der Waals surface area contributed by atoms with Crippen LogP contribution >= 0.6 is 0 Å². The molecule has 0 N–H and O–H groups in total. The molecule has 0 spiro atoms. The second kappa shape index (κ2) is 5.23. The highest BCUT2D eigenvalue weighted by Gasteiger charge is 2.28. The second-order valence-electron chi connectivity index (χ2n) is 6.29. The number of ether oxygens (including phenoxy) is 1. The molecule has 0 saturated heterocycles. The first-order chi connectivity index (χ1) is 11.5. The van der Waals surface area contributed by atoms with E-state index in [9.17, 15) is 4.79 Å². The molecule has 0 fully saturated rings. The van der Waals surface area contributed by atoms with E-state index in [4.69, 9.17) is 4.74 Å². The number of imidazole rings is 1. The quantitative estimate of drug-likeness (QED) is 0.729. The summed E-state index contributed by atoms with van der Waals surface area (Å²) in [6, 6.07) is 11.1. The summed E-state index contributed by atoms with van der Waals surface area (Å²) in [5.74, 6) is 0.761. The van der Waals surface area contributed by atoms with E-state index in [1.54, 1.807) is 35.4 Å². The van der Waals surface area contributed by atoms with Gasteiger partial charge in [-0.05, 0) is 44.2 Å². The molecule has 0 bridgehead atoms. The summed E-state index contributed by atoms with van der Waals surface area (Å²) in [5.41, 5.74) is 2.11. The minimum atomic E-state index is -0.492. The highest BCUT2D eigenvalue weighted by Crippen LogP contribution is 2.37. The van der Waals surface area contributed by atoms with Gasteiger partial charge in [0.2, 0.25) is 0 Å². The van der Waals surface area contributed by atoms with Crippen molar-refractivity contribution in [2.45, 2.75) is 19.4 Å². The maximum absolute atomic E-state index is 12.3. The summed E-state index contributed by atoms with van der Waals surface area (Å²) in [6.07, 6.45) is 9.12. The van der Waals surface area contributed by atoms with Gasteiger partial charge in [-0.15, -0.1) is 0 Å². The zero-order valence-electron chi connectivity index (χ0n) is 13.5. The maximum Gasteiger partial charge on any atom is 0.255 e. The zero-order chi connectivity index (χ0) is 16.7. The number of hydrogen-bond acceptors (Lipinski definition) is 3. The Morgan fingerprint density at radius 3 is 2.75 bits per heavy atom. The number of rotatable bonds is 2. The zero-order valence-corrected chi connectivity index (χ0v) is 13.5. The molecule has 0 atom stereocenters. The summed E-state index contributed by atoms with van der Waals surface area (Å²) in [6.45, 7) is 3.96. The van der Waals surface area contributed by atoms with E-state index in [1.807, 2.05) is 55.0 Å². The molecule has 0 saturated carbocycles. The first kappa shape index (κ1) is 14.5. The van der Waals surface area contributed by atoms with Gasteiger partial charge in [-0.1, -0.05) is 6.07 Å². The Labute approximate surface area is 139 Å². The smallest absolute Gasteiger partial charge is 0.255 e. The molecule has 1 aliphatic rings. The van der Waals surface area contributed by atoms with E-state index in [0.29, 0.717) is 0 Å². The van der Waals surface area contributed by atoms with Crippen LogP contribution in [0.2, 0.25) is 0 Å². The van der Waals surface area contributed by atoms with Gasteiger partial charge in [0.25, 0.3) is 5.56 Å². The first-order valence-corrected chi connectivity index (χ1v) is 7.76. The van der Waals surface area contributed by atoms with Crippen molar-refractivity contribution in [3.05, 3.63) is 83.3 Å². The summed E-state index contributed by atoms with van der Waals surface area (Å²) in [5, 5.41) is 0. The van der Waals surface area contributed by atoms with Crippen LogP contribution in [0.5, 0.6) is 5.75 Å². The molecule has 2 aromatic heterocycles. The van der Waals surface area contributed by atoms with Gasteiger partial charge in [-0.2, -0.15) is 0 Å². The van der Waals surface area contributed by atoms with Gasteiger partial charge < -0.3 is 9.30 Å². The largest absolute Gasteiger partial charge is 0.483 e. The number of fused-ring (bicyclic) bond motifs is 1. The Balaban J connectivity index is 1.94. The summed E-state index contributed by atoms with van der Waals surface area (Å²) in [7, 11) is 0. The van der Waals surface area contributed by atoms with Crippen molar-refractivity contribution in [2.24, 2.45) is 0 Å². The van der Waals surface area contributed by atoms with Crippen molar-refractivity contribution < 1.29 is 4.74 Å². The lowest BCUT2D eigenvalue weighted by molar-refractivity contribution is 0.157. The Hall–Kier alpha value is -3.08. The van der Waals surface area contributed by atoms with Crippen LogP contribution in [-0.4, -0.2) is 19.7 Å². The van der Waals surface area contributed by atoms with E-state index < -0.39 is 5.60 Å². The van der Waals surface area contributed by atoms with Gasteiger partial charge >= 0.3 is 0 Å². The predicted octanol–water partition coefficient (Wildman–Crippen LogP) is 3.09. The standard InChI is InChI=1S/C19H17N3O2/c1-19(2)12-16(22-9-4-3-5-18(22)23)15-11-14(6-7-17(15)24-19)21-10-8-20-13-21/h3-13H,1-2H3. The number of nitrogens with zero attached hydrogens (tertiary/aromatic N) is 3. The Kier molecular flexibility index (Phi) is 3.16. The number of benzene rings is 1. The Bertz CT molecular complexity index is 982. The van der Waals surface area contributed by atoms with E-state index in [0.717, 1.165) is 22.7 Å². The molecule has 1 aliphatic heterocycles. The molecule has 0 amide bonds. The van der Waals surface area contributed by atoms with Gasteiger partial charge in [0.05, 0.1) is 12.0 Å². The lowest BCUT2D eigenvalue weighted by atomic mass is 9.98. The van der Waals surface area contributed by atoms with Gasteiger partial charge in [0.1, 0.15) is 11.4 Å². The molecular formula is C19H17N3O2. The minimum absolute atomic E-state index is 0.0690. The molecule has 0 unspecified atom stereocenters. The average molecular weight is 319 g/mol. The third kappa shape index (κ3) is 2.44. The molecule has 0 radical (unpaired) electrons. The van der Waals surface area contributed by atoms with Crippen molar-refractivity contribution in [3.63, 3.8) is 0 Å². The first-order valence-electron chi connectivity index (χ1n) is 7.76. The average Bonchev–Trinajstić information content (AvgIpc) is 3.08. The van der Waals surface area contributed by atoms with Gasteiger partial charge in [-0.3, -0.25) is 9.36 Å². The molecule has 120 valence electrons. The summed E-state index contributed by atoms with van der Waals surface area (Å²) >= 11 is 0. The van der Waals surface area contributed by atoms with Crippen LogP contribution in [0.25, 0.3) is 11.4 Å². The Morgan fingerprint density at radius 1 is 1.12 bits per heavy atom. The van der Waals surface area contributed by atoms with Crippen LogP contribution in [0.15, 0.2) is 72.2 Å². The number of hydrogen-bond donors (Lipinski definition) is 0. The van der Waals surface area contributed by atoms with Crippen molar-refractivity contribution in [2.75, 3.05) is 0 Å². The lowest BCUT2D eigenvalue weighted by Gasteiger charge is -2.31. The highest BCUT2D eigenvalue weighted by molar-refractivity contribution is 5.75. The molecule has 24 heavy (non-hydrogen) atoms. The molecule has 5 heteroatoms. The summed E-state index contributed by atoms with van der Waals surface area (Å²) in [4.78, 5) is 16.4. The fourth-order valence-corrected chi connectivity index (χ4v) is 2.93. The lowest BCUT2D eigenvalue weighted by Crippen LogP contribution is -2.32. The van der Waals surface area contributed by atoms with Crippen molar-refractivity contribution >= 4 is 5.70 Å². The molecule has 0 aliphatic carbocycles. The molecule has 5 nitrogen and oxygen atoms in total. The van der Waals surface area contributed by atoms with Gasteiger partial charge in [-0.25, -0.2) is 4.98 Å². The highest BCUT2D eigenvalue weighted by atomic mass is 16.5. The van der Waals surface area contributed by atoms with Crippen LogP contribution in [0.4, 0.5) is 0 Å². The monoisotopic (exact) mass is 319 g/mol. The van der Waals surface area contributed by atoms with Crippen molar-refractivity contribution in [1.82, 2.24) is 14.1 Å². The van der Waals surface area contributed by atoms with E-state index in [2.05, 4.69) is 4.98 Å². The molecule has 3 heterocycles. The Morgan fingerprint density at radius 2 is 2.00 bits per heavy atom. The third-order valence-electron chi connectivity index (χ3n) is 3.98. The van der Waals surface area contributed by atoms with Crippen LogP contribution in [0.1, 0.15) is 19.4 Å². The van der Waals surface area contributed by atoms with Crippen molar-refractivity contribution in [3.8, 4) is 11.4 Å². The SMILES string of the molecule is CC1(C)C=C(n2ccccc2=O)c2cc(-n3ccnc3)ccc2O1. The van der Waals surface area contributed by atoms with Gasteiger partial charge in [0, 0.05) is 35.9 Å².